The van der Waals surface area contributed by atoms with Gasteiger partial charge in [0, 0.05) is 12.2 Å². The number of nitrogens with zero attached hydrogens (tertiary/aromatic N) is 4. The van der Waals surface area contributed by atoms with E-state index in [2.05, 4.69) is 27.6 Å². The van der Waals surface area contributed by atoms with E-state index in [-0.39, 0.29) is 17.2 Å². The van der Waals surface area contributed by atoms with Crippen molar-refractivity contribution in [3.8, 4) is 0 Å². The first kappa shape index (κ1) is 20.6. The number of rotatable bonds is 6. The van der Waals surface area contributed by atoms with E-state index in [1.165, 1.54) is 28.7 Å². The number of carbonyl (C=O) groups excluding carboxylic acids is 1. The van der Waals surface area contributed by atoms with Crippen molar-refractivity contribution in [1.82, 2.24) is 19.2 Å². The lowest BCUT2D eigenvalue weighted by molar-refractivity contribution is -0.113. The van der Waals surface area contributed by atoms with Crippen molar-refractivity contribution in [3.05, 3.63) is 50.6 Å². The van der Waals surface area contributed by atoms with Gasteiger partial charge < -0.3 is 5.32 Å². The van der Waals surface area contributed by atoms with Crippen molar-refractivity contribution in [1.29, 1.82) is 0 Å². The van der Waals surface area contributed by atoms with Crippen LogP contribution in [0.25, 0.3) is 16.0 Å². The molecular weight excluding hydrogens is 418 g/mol. The molecule has 0 saturated carbocycles. The first-order valence-electron chi connectivity index (χ1n) is 9.76. The molecule has 0 aliphatic rings. The topological polar surface area (TPSA) is 81.3 Å². The van der Waals surface area contributed by atoms with Gasteiger partial charge in [-0.15, -0.1) is 21.5 Å². The maximum atomic E-state index is 12.8. The lowest BCUT2D eigenvalue weighted by Crippen LogP contribution is -2.22. The molecule has 1 aromatic carbocycles. The summed E-state index contributed by atoms with van der Waals surface area (Å²) in [6.45, 7) is 8.63. The number of aromatic nitrogens is 4. The number of carbonyl (C=O) groups is 1. The summed E-state index contributed by atoms with van der Waals surface area (Å²) in [5.74, 6) is 0.614. The summed E-state index contributed by atoms with van der Waals surface area (Å²) in [4.78, 5) is 25.4. The van der Waals surface area contributed by atoms with E-state index in [0.29, 0.717) is 22.2 Å². The van der Waals surface area contributed by atoms with Crippen LogP contribution in [0, 0.1) is 20.8 Å². The summed E-state index contributed by atoms with van der Waals surface area (Å²) < 4.78 is 4.21. The lowest BCUT2D eigenvalue weighted by Gasteiger charge is -2.12. The minimum absolute atomic E-state index is 0.0404. The average Bonchev–Trinajstić information content (AvgIpc) is 3.33. The number of fused-ring (bicyclic) bond motifs is 3. The van der Waals surface area contributed by atoms with Crippen LogP contribution >= 0.6 is 23.1 Å². The lowest BCUT2D eigenvalue weighted by atomic mass is 10.1. The van der Waals surface area contributed by atoms with E-state index in [1.54, 1.807) is 4.57 Å². The third kappa shape index (κ3) is 3.63. The van der Waals surface area contributed by atoms with Gasteiger partial charge in [-0.05, 0) is 49.8 Å². The second kappa shape index (κ2) is 8.23. The molecule has 7 nitrogen and oxygen atoms in total. The number of thiophene rings is 1. The Morgan fingerprint density at radius 2 is 1.93 bits per heavy atom. The molecular formula is C21H23N5O2S2. The summed E-state index contributed by atoms with van der Waals surface area (Å²) in [6, 6.07) is 6.02. The number of benzene rings is 1. The summed E-state index contributed by atoms with van der Waals surface area (Å²) in [5, 5.41) is 14.0. The summed E-state index contributed by atoms with van der Waals surface area (Å²) >= 11 is 2.73. The van der Waals surface area contributed by atoms with Gasteiger partial charge in [0.25, 0.3) is 5.56 Å². The van der Waals surface area contributed by atoms with Gasteiger partial charge in [-0.25, -0.2) is 0 Å². The van der Waals surface area contributed by atoms with Crippen LogP contribution < -0.4 is 10.9 Å². The van der Waals surface area contributed by atoms with E-state index in [1.807, 2.05) is 43.5 Å². The number of hydrogen-bond donors (Lipinski definition) is 1. The zero-order chi connectivity index (χ0) is 21.4. The zero-order valence-corrected chi connectivity index (χ0v) is 19.0. The molecule has 0 saturated heterocycles. The fourth-order valence-corrected chi connectivity index (χ4v) is 5.27. The largest absolute Gasteiger partial charge is 0.325 e. The minimum atomic E-state index is -0.102. The highest BCUT2D eigenvalue weighted by atomic mass is 32.2. The van der Waals surface area contributed by atoms with Gasteiger partial charge >= 0.3 is 0 Å². The van der Waals surface area contributed by atoms with Gasteiger partial charge in [-0.1, -0.05) is 36.4 Å². The first-order valence-corrected chi connectivity index (χ1v) is 11.6. The highest BCUT2D eigenvalue weighted by molar-refractivity contribution is 7.99. The van der Waals surface area contributed by atoms with Crippen LogP contribution in [0.15, 0.2) is 33.5 Å². The van der Waals surface area contributed by atoms with Gasteiger partial charge in [-0.3, -0.25) is 18.6 Å². The van der Waals surface area contributed by atoms with Crippen molar-refractivity contribution in [3.63, 3.8) is 0 Å². The predicted octanol–water partition coefficient (Wildman–Crippen LogP) is 4.17. The van der Waals surface area contributed by atoms with Crippen LogP contribution in [0.4, 0.5) is 5.69 Å². The maximum absolute atomic E-state index is 12.8. The molecule has 3 heterocycles. The van der Waals surface area contributed by atoms with E-state index >= 15 is 0 Å². The Hall–Kier alpha value is -2.65. The number of thioether (sulfide) groups is 1. The fourth-order valence-electron chi connectivity index (χ4n) is 3.70. The highest BCUT2D eigenvalue weighted by Gasteiger charge is 2.18. The van der Waals surface area contributed by atoms with Gasteiger partial charge in [0.1, 0.15) is 4.70 Å². The average molecular weight is 442 g/mol. The third-order valence-corrected chi connectivity index (χ3v) is 6.72. The number of hydrogen-bond acceptors (Lipinski definition) is 6. The number of anilines is 1. The van der Waals surface area contributed by atoms with Crippen molar-refractivity contribution in [2.24, 2.45) is 0 Å². The Kier molecular flexibility index (Phi) is 5.66. The smallest absolute Gasteiger partial charge is 0.272 e. The molecule has 1 amide bonds. The predicted molar refractivity (Wildman–Crippen MR) is 123 cm³/mol. The van der Waals surface area contributed by atoms with Crippen LogP contribution in [-0.4, -0.2) is 30.8 Å². The Bertz CT molecular complexity index is 1300. The Morgan fingerprint density at radius 3 is 2.63 bits per heavy atom. The monoisotopic (exact) mass is 441 g/mol. The van der Waals surface area contributed by atoms with Crippen LogP contribution in [0.5, 0.6) is 0 Å². The molecule has 0 atom stereocenters. The fraction of sp³-hybridized carbons (Fsp3) is 0.333. The number of amides is 1. The third-order valence-electron chi connectivity index (χ3n) is 4.90. The molecule has 30 heavy (non-hydrogen) atoms. The molecule has 0 bridgehead atoms. The van der Waals surface area contributed by atoms with E-state index in [4.69, 9.17) is 0 Å². The maximum Gasteiger partial charge on any atom is 0.272 e. The van der Waals surface area contributed by atoms with Gasteiger partial charge in [0.15, 0.2) is 5.16 Å². The second-order valence-corrected chi connectivity index (χ2v) is 9.18. The molecule has 1 N–H and O–H groups in total. The van der Waals surface area contributed by atoms with Gasteiger partial charge in [-0.2, -0.15) is 0 Å². The molecule has 156 valence electrons. The molecule has 0 unspecified atom stereocenters. The number of nitrogens with one attached hydrogen (secondary N) is 1. The van der Waals surface area contributed by atoms with Gasteiger partial charge in [0.2, 0.25) is 11.7 Å². The van der Waals surface area contributed by atoms with E-state index < -0.39 is 0 Å². The van der Waals surface area contributed by atoms with Crippen LogP contribution in [0.3, 0.4) is 0 Å². The van der Waals surface area contributed by atoms with E-state index in [9.17, 15) is 9.59 Å². The van der Waals surface area contributed by atoms with Crippen LogP contribution in [-0.2, 0) is 11.3 Å². The second-order valence-electron chi connectivity index (χ2n) is 7.32. The molecule has 0 aliphatic carbocycles. The Balaban J connectivity index is 1.62. The normalized spacial score (nSPS) is 11.5. The van der Waals surface area contributed by atoms with Crippen LogP contribution in [0.1, 0.15) is 30.0 Å². The number of aryl methyl sites for hydroxylation is 4. The summed E-state index contributed by atoms with van der Waals surface area (Å²) in [7, 11) is 0. The Morgan fingerprint density at radius 1 is 1.20 bits per heavy atom. The molecule has 0 radical (unpaired) electrons. The summed E-state index contributed by atoms with van der Waals surface area (Å²) in [6.07, 6.45) is 0.819. The quantitative estimate of drug-likeness (QED) is 0.454. The van der Waals surface area contributed by atoms with Crippen molar-refractivity contribution < 1.29 is 4.79 Å². The van der Waals surface area contributed by atoms with Crippen LogP contribution in [0.2, 0.25) is 0 Å². The molecule has 0 fully saturated rings. The van der Waals surface area contributed by atoms with Crippen molar-refractivity contribution in [2.75, 3.05) is 11.1 Å². The SMILES string of the molecule is CCCn1c(=O)c2sccc2n2c(SCC(=O)Nc3c(C)cc(C)cc3C)nnc12. The molecule has 0 aliphatic heterocycles. The molecule has 9 heteroatoms. The summed E-state index contributed by atoms with van der Waals surface area (Å²) in [5.41, 5.74) is 4.86. The Labute approximate surface area is 182 Å². The standard InChI is InChI=1S/C21H23N5O2S2/c1-5-7-25-19(28)18-15(6-8-29-18)26-20(25)23-24-21(26)30-11-16(27)22-17-13(3)9-12(2)10-14(17)4/h6,8-10H,5,7,11H2,1-4H3,(H,22,27). The zero-order valence-electron chi connectivity index (χ0n) is 17.4. The van der Waals surface area contributed by atoms with Gasteiger partial charge in [0.05, 0.1) is 11.3 Å². The van der Waals surface area contributed by atoms with E-state index in [0.717, 1.165) is 28.8 Å². The molecule has 4 aromatic rings. The molecule has 3 aromatic heterocycles. The van der Waals surface area contributed by atoms with Crippen molar-refractivity contribution >= 4 is 50.7 Å². The molecule has 0 spiro atoms. The van der Waals surface area contributed by atoms with Crippen molar-refractivity contribution in [2.45, 2.75) is 45.8 Å². The first-order chi connectivity index (χ1) is 14.4. The minimum Gasteiger partial charge on any atom is -0.325 e. The highest BCUT2D eigenvalue weighted by Crippen LogP contribution is 2.26. The molecule has 4 rings (SSSR count).